The molecule has 0 aromatic heterocycles. The van der Waals surface area contributed by atoms with Gasteiger partial charge in [-0.15, -0.1) is 0 Å². The summed E-state index contributed by atoms with van der Waals surface area (Å²) in [4.78, 5) is 11.3. The molecule has 2 aliphatic rings. The lowest BCUT2D eigenvalue weighted by Crippen LogP contribution is -1.99. The second-order valence-electron chi connectivity index (χ2n) is 3.82. The van der Waals surface area contributed by atoms with E-state index in [9.17, 15) is 4.79 Å². The van der Waals surface area contributed by atoms with Gasteiger partial charge in [0.05, 0.1) is 0 Å². The highest BCUT2D eigenvalue weighted by atomic mass is 16.1. The molecule has 2 aliphatic carbocycles. The maximum absolute atomic E-state index is 11.3. The molecule has 0 radical (unpaired) electrons. The number of hydrogen-bond acceptors (Lipinski definition) is 1. The molecule has 3 atom stereocenters. The highest BCUT2D eigenvalue weighted by Gasteiger charge is 2.64. The summed E-state index contributed by atoms with van der Waals surface area (Å²) < 4.78 is 0. The van der Waals surface area contributed by atoms with Crippen molar-refractivity contribution in [3.8, 4) is 0 Å². The lowest BCUT2D eigenvalue weighted by molar-refractivity contribution is -0.116. The van der Waals surface area contributed by atoms with Crippen LogP contribution in [-0.2, 0) is 4.79 Å². The van der Waals surface area contributed by atoms with Crippen LogP contribution in [0.2, 0.25) is 0 Å². The van der Waals surface area contributed by atoms with Gasteiger partial charge in [0.25, 0.3) is 0 Å². The van der Waals surface area contributed by atoms with Crippen molar-refractivity contribution in [3.05, 3.63) is 11.6 Å². The summed E-state index contributed by atoms with van der Waals surface area (Å²) in [5.74, 6) is 1.33. The summed E-state index contributed by atoms with van der Waals surface area (Å²) >= 11 is 0. The van der Waals surface area contributed by atoms with E-state index in [-0.39, 0.29) is 5.41 Å². The molecule has 0 amide bonds. The first-order chi connectivity index (χ1) is 4.57. The molecule has 0 bridgehead atoms. The maximum Gasteiger partial charge on any atom is 0.162 e. The Kier molecular flexibility index (Phi) is 0.837. The van der Waals surface area contributed by atoms with E-state index in [0.29, 0.717) is 17.6 Å². The zero-order valence-electron chi connectivity index (χ0n) is 6.64. The van der Waals surface area contributed by atoms with Crippen molar-refractivity contribution >= 4 is 5.78 Å². The summed E-state index contributed by atoms with van der Waals surface area (Å²) in [5, 5.41) is 0. The Bertz CT molecular complexity index is 239. The monoisotopic (exact) mass is 136 g/mol. The van der Waals surface area contributed by atoms with Gasteiger partial charge in [-0.2, -0.15) is 0 Å². The van der Waals surface area contributed by atoms with Crippen molar-refractivity contribution < 1.29 is 4.79 Å². The second-order valence-corrected chi connectivity index (χ2v) is 3.82. The molecule has 0 saturated heterocycles. The van der Waals surface area contributed by atoms with E-state index in [2.05, 4.69) is 19.9 Å². The minimum absolute atomic E-state index is 0.251. The third-order valence-corrected chi connectivity index (χ3v) is 3.24. The van der Waals surface area contributed by atoms with Crippen LogP contribution in [0.3, 0.4) is 0 Å². The highest BCUT2D eigenvalue weighted by Crippen LogP contribution is 2.64. The fourth-order valence-corrected chi connectivity index (χ4v) is 2.27. The summed E-state index contributed by atoms with van der Waals surface area (Å²) in [5.41, 5.74) is 1.23. The van der Waals surface area contributed by atoms with E-state index in [1.54, 1.807) is 0 Å². The lowest BCUT2D eigenvalue weighted by Gasteiger charge is -1.97. The van der Waals surface area contributed by atoms with Crippen molar-refractivity contribution in [2.75, 3.05) is 0 Å². The minimum Gasteiger partial charge on any atom is -0.294 e. The average Bonchev–Trinajstić information content (AvgIpc) is 2.23. The number of rotatable bonds is 0. The molecule has 1 nitrogen and oxygen atoms in total. The van der Waals surface area contributed by atoms with Gasteiger partial charge in [0.2, 0.25) is 0 Å². The van der Waals surface area contributed by atoms with Gasteiger partial charge in [0.1, 0.15) is 0 Å². The molecular weight excluding hydrogens is 124 g/mol. The van der Waals surface area contributed by atoms with Crippen LogP contribution in [-0.4, -0.2) is 5.78 Å². The van der Waals surface area contributed by atoms with Crippen LogP contribution in [0.4, 0.5) is 0 Å². The van der Waals surface area contributed by atoms with Crippen molar-refractivity contribution in [3.63, 3.8) is 0 Å². The quantitative estimate of drug-likeness (QED) is 0.496. The molecule has 1 fully saturated rings. The largest absolute Gasteiger partial charge is 0.294 e. The first kappa shape index (κ1) is 6.14. The standard InChI is InChI=1S/C9H12O/c1-5-4-9(3)6(2)7(9)8(5)10/h4,6-7H,1-3H3. The third-order valence-electron chi connectivity index (χ3n) is 3.24. The van der Waals surface area contributed by atoms with E-state index < -0.39 is 0 Å². The van der Waals surface area contributed by atoms with Gasteiger partial charge < -0.3 is 0 Å². The molecule has 0 heterocycles. The maximum atomic E-state index is 11.3. The second kappa shape index (κ2) is 1.36. The molecule has 3 unspecified atom stereocenters. The van der Waals surface area contributed by atoms with E-state index in [1.807, 2.05) is 6.92 Å². The van der Waals surface area contributed by atoms with Crippen LogP contribution in [0.5, 0.6) is 0 Å². The third kappa shape index (κ3) is 0.437. The summed E-state index contributed by atoms with van der Waals surface area (Å²) in [6, 6.07) is 0. The van der Waals surface area contributed by atoms with Gasteiger partial charge in [-0.3, -0.25) is 4.79 Å². The summed E-state index contributed by atoms with van der Waals surface area (Å²) in [7, 11) is 0. The fourth-order valence-electron chi connectivity index (χ4n) is 2.27. The fraction of sp³-hybridized carbons (Fsp3) is 0.667. The molecule has 0 N–H and O–H groups in total. The minimum atomic E-state index is 0.251. The number of carbonyl (C=O) groups excluding carboxylic acids is 1. The lowest BCUT2D eigenvalue weighted by atomic mass is 10.1. The smallest absolute Gasteiger partial charge is 0.162 e. The van der Waals surface area contributed by atoms with Gasteiger partial charge in [-0.1, -0.05) is 19.9 Å². The Labute approximate surface area is 61.1 Å². The first-order valence-electron chi connectivity index (χ1n) is 3.81. The molecule has 0 aliphatic heterocycles. The summed E-state index contributed by atoms with van der Waals surface area (Å²) in [6.07, 6.45) is 2.14. The highest BCUT2D eigenvalue weighted by molar-refractivity contribution is 6.03. The Morgan fingerprint density at radius 3 is 2.50 bits per heavy atom. The van der Waals surface area contributed by atoms with Gasteiger partial charge in [0, 0.05) is 5.92 Å². The van der Waals surface area contributed by atoms with Crippen molar-refractivity contribution in [2.24, 2.45) is 17.3 Å². The predicted octanol–water partition coefficient (Wildman–Crippen LogP) is 1.79. The number of fused-ring (bicyclic) bond motifs is 1. The van der Waals surface area contributed by atoms with Crippen molar-refractivity contribution in [2.45, 2.75) is 20.8 Å². The normalized spacial score (nSPS) is 50.7. The van der Waals surface area contributed by atoms with Crippen LogP contribution in [0.25, 0.3) is 0 Å². The zero-order chi connectivity index (χ0) is 7.52. The molecule has 10 heavy (non-hydrogen) atoms. The zero-order valence-corrected chi connectivity index (χ0v) is 6.64. The Balaban J connectivity index is 2.41. The number of carbonyl (C=O) groups is 1. The average molecular weight is 136 g/mol. The van der Waals surface area contributed by atoms with Crippen LogP contribution >= 0.6 is 0 Å². The Morgan fingerprint density at radius 2 is 2.20 bits per heavy atom. The first-order valence-corrected chi connectivity index (χ1v) is 3.81. The number of allylic oxidation sites excluding steroid dienone is 2. The molecule has 54 valence electrons. The molecule has 1 heteroatoms. The van der Waals surface area contributed by atoms with Crippen LogP contribution in [0.15, 0.2) is 11.6 Å². The van der Waals surface area contributed by atoms with E-state index in [0.717, 1.165) is 5.57 Å². The van der Waals surface area contributed by atoms with Gasteiger partial charge in [0.15, 0.2) is 5.78 Å². The SMILES string of the molecule is CC1=CC2(C)C(C)C2C1=O. The van der Waals surface area contributed by atoms with E-state index in [4.69, 9.17) is 0 Å². The molecule has 1 saturated carbocycles. The van der Waals surface area contributed by atoms with Gasteiger partial charge in [-0.05, 0) is 23.8 Å². The molecule has 0 spiro atoms. The van der Waals surface area contributed by atoms with E-state index in [1.165, 1.54) is 0 Å². The number of hydrogen-bond donors (Lipinski definition) is 0. The summed E-state index contributed by atoms with van der Waals surface area (Å²) in [6.45, 7) is 6.26. The molecule has 2 rings (SSSR count). The predicted molar refractivity (Wildman–Crippen MR) is 39.5 cm³/mol. The molecule has 0 aromatic carbocycles. The van der Waals surface area contributed by atoms with Crippen LogP contribution in [0, 0.1) is 17.3 Å². The van der Waals surface area contributed by atoms with Crippen molar-refractivity contribution in [1.82, 2.24) is 0 Å². The topological polar surface area (TPSA) is 17.1 Å². The van der Waals surface area contributed by atoms with Crippen LogP contribution in [0.1, 0.15) is 20.8 Å². The van der Waals surface area contributed by atoms with Crippen LogP contribution < -0.4 is 0 Å². The number of ketones is 1. The van der Waals surface area contributed by atoms with E-state index >= 15 is 0 Å². The molecular formula is C9H12O. The Hall–Kier alpha value is -0.590. The van der Waals surface area contributed by atoms with Gasteiger partial charge in [-0.25, -0.2) is 0 Å². The van der Waals surface area contributed by atoms with Crippen molar-refractivity contribution in [1.29, 1.82) is 0 Å². The number of Topliss-reactive ketones (excluding diaryl/α,β-unsaturated/α-hetero) is 1. The molecule has 0 aromatic rings. The Morgan fingerprint density at radius 1 is 1.60 bits per heavy atom. The van der Waals surface area contributed by atoms with Gasteiger partial charge >= 0.3 is 0 Å².